The largest absolute Gasteiger partial charge is 0.356 e. The highest BCUT2D eigenvalue weighted by atomic mass is 15.2. The number of rotatable bonds is 7. The van der Waals surface area contributed by atoms with Gasteiger partial charge in [-0.05, 0) is 38.3 Å². The Kier molecular flexibility index (Phi) is 7.81. The van der Waals surface area contributed by atoms with Crippen LogP contribution in [0.25, 0.3) is 0 Å². The summed E-state index contributed by atoms with van der Waals surface area (Å²) in [7, 11) is 1.84. The van der Waals surface area contributed by atoms with Crippen molar-refractivity contribution in [3.05, 3.63) is 0 Å². The van der Waals surface area contributed by atoms with Crippen LogP contribution in [0.4, 0.5) is 0 Å². The van der Waals surface area contributed by atoms with E-state index in [1.54, 1.807) is 0 Å². The van der Waals surface area contributed by atoms with Gasteiger partial charge in [-0.15, -0.1) is 0 Å². The number of hydrogen-bond donors (Lipinski definition) is 2. The van der Waals surface area contributed by atoms with Gasteiger partial charge < -0.3 is 15.5 Å². The van der Waals surface area contributed by atoms with Crippen molar-refractivity contribution >= 4 is 5.96 Å². The highest BCUT2D eigenvalue weighted by Gasteiger charge is 2.14. The van der Waals surface area contributed by atoms with Gasteiger partial charge >= 0.3 is 0 Å². The van der Waals surface area contributed by atoms with Crippen LogP contribution in [0.15, 0.2) is 4.99 Å². The maximum atomic E-state index is 4.24. The van der Waals surface area contributed by atoms with Crippen LogP contribution >= 0.6 is 0 Å². The molecular weight excluding hydrogens is 224 g/mol. The van der Waals surface area contributed by atoms with Gasteiger partial charge in [0.2, 0.25) is 0 Å². The summed E-state index contributed by atoms with van der Waals surface area (Å²) in [5.41, 5.74) is 0. The molecule has 4 heteroatoms. The van der Waals surface area contributed by atoms with Crippen molar-refractivity contribution in [2.45, 2.75) is 39.5 Å². The Hall–Kier alpha value is -0.770. The van der Waals surface area contributed by atoms with E-state index in [-0.39, 0.29) is 0 Å². The van der Waals surface area contributed by atoms with Crippen LogP contribution in [0.5, 0.6) is 0 Å². The van der Waals surface area contributed by atoms with Gasteiger partial charge in [0.1, 0.15) is 0 Å². The van der Waals surface area contributed by atoms with E-state index in [4.69, 9.17) is 0 Å². The van der Waals surface area contributed by atoms with Gasteiger partial charge in [-0.2, -0.15) is 0 Å². The van der Waals surface area contributed by atoms with Crippen LogP contribution in [0.2, 0.25) is 0 Å². The molecule has 0 aromatic heterocycles. The Balaban J connectivity index is 2.12. The summed E-state index contributed by atoms with van der Waals surface area (Å²) in [6, 6.07) is 0. The molecule has 0 bridgehead atoms. The third kappa shape index (κ3) is 6.24. The first-order valence-electron chi connectivity index (χ1n) is 7.43. The van der Waals surface area contributed by atoms with Crippen molar-refractivity contribution in [1.29, 1.82) is 0 Å². The summed E-state index contributed by atoms with van der Waals surface area (Å²) >= 11 is 0. The average molecular weight is 254 g/mol. The summed E-state index contributed by atoms with van der Waals surface area (Å²) in [6.45, 7) is 10.3. The van der Waals surface area contributed by atoms with Gasteiger partial charge in [0.25, 0.3) is 0 Å². The van der Waals surface area contributed by atoms with Crippen LogP contribution in [0.3, 0.4) is 0 Å². The molecule has 1 atom stereocenters. The second-order valence-corrected chi connectivity index (χ2v) is 5.35. The van der Waals surface area contributed by atoms with Crippen molar-refractivity contribution in [3.8, 4) is 0 Å². The zero-order chi connectivity index (χ0) is 13.2. The highest BCUT2D eigenvalue weighted by molar-refractivity contribution is 5.79. The third-order valence-corrected chi connectivity index (χ3v) is 3.43. The molecule has 1 saturated heterocycles. The lowest BCUT2D eigenvalue weighted by atomic mass is 10.1. The summed E-state index contributed by atoms with van der Waals surface area (Å²) < 4.78 is 0. The lowest BCUT2D eigenvalue weighted by Gasteiger charge is -2.21. The van der Waals surface area contributed by atoms with Crippen LogP contribution in [-0.4, -0.2) is 50.6 Å². The van der Waals surface area contributed by atoms with Crippen LogP contribution in [0, 0.1) is 5.92 Å². The van der Waals surface area contributed by atoms with Gasteiger partial charge in [0.15, 0.2) is 5.96 Å². The predicted molar refractivity (Wildman–Crippen MR) is 79.1 cm³/mol. The van der Waals surface area contributed by atoms with Gasteiger partial charge in [-0.1, -0.05) is 20.3 Å². The molecule has 0 aliphatic carbocycles. The minimum absolute atomic E-state index is 0.674. The standard InChI is InChI=1S/C14H30N4/c1-4-5-8-16-14(15-3)17-11-13(2)12-18-9-6-7-10-18/h13H,4-12H2,1-3H3,(H2,15,16,17). The molecule has 0 saturated carbocycles. The van der Waals surface area contributed by atoms with E-state index in [0.29, 0.717) is 5.92 Å². The fourth-order valence-corrected chi connectivity index (χ4v) is 2.35. The second-order valence-electron chi connectivity index (χ2n) is 5.35. The molecule has 1 unspecified atom stereocenters. The molecule has 1 heterocycles. The van der Waals surface area contributed by atoms with Crippen molar-refractivity contribution in [1.82, 2.24) is 15.5 Å². The van der Waals surface area contributed by atoms with E-state index in [9.17, 15) is 0 Å². The minimum atomic E-state index is 0.674. The van der Waals surface area contributed by atoms with E-state index in [0.717, 1.165) is 19.0 Å². The molecule has 2 N–H and O–H groups in total. The van der Waals surface area contributed by atoms with Crippen molar-refractivity contribution in [2.75, 3.05) is 39.8 Å². The highest BCUT2D eigenvalue weighted by Crippen LogP contribution is 2.09. The lowest BCUT2D eigenvalue weighted by Crippen LogP contribution is -2.41. The molecule has 1 aliphatic rings. The number of unbranched alkanes of at least 4 members (excludes halogenated alkanes) is 1. The molecule has 4 nitrogen and oxygen atoms in total. The van der Waals surface area contributed by atoms with Gasteiger partial charge in [-0.25, -0.2) is 0 Å². The number of likely N-dealkylation sites (tertiary alicyclic amines) is 1. The Morgan fingerprint density at radius 3 is 2.61 bits per heavy atom. The normalized spacial score (nSPS) is 18.9. The van der Waals surface area contributed by atoms with Crippen LogP contribution in [0.1, 0.15) is 39.5 Å². The van der Waals surface area contributed by atoms with Crippen molar-refractivity contribution in [2.24, 2.45) is 10.9 Å². The Bertz CT molecular complexity index is 234. The lowest BCUT2D eigenvalue weighted by molar-refractivity contribution is 0.287. The maximum absolute atomic E-state index is 4.24. The fourth-order valence-electron chi connectivity index (χ4n) is 2.35. The first-order chi connectivity index (χ1) is 8.76. The Morgan fingerprint density at radius 1 is 1.28 bits per heavy atom. The average Bonchev–Trinajstić information content (AvgIpc) is 2.86. The summed E-state index contributed by atoms with van der Waals surface area (Å²) in [5.74, 6) is 1.62. The van der Waals surface area contributed by atoms with E-state index in [1.807, 2.05) is 7.05 Å². The molecule has 0 radical (unpaired) electrons. The SMILES string of the molecule is CCCCNC(=NC)NCC(C)CN1CCCC1. The molecule has 0 aromatic carbocycles. The fraction of sp³-hybridized carbons (Fsp3) is 0.929. The molecule has 106 valence electrons. The third-order valence-electron chi connectivity index (χ3n) is 3.43. The minimum Gasteiger partial charge on any atom is -0.356 e. The molecule has 1 aliphatic heterocycles. The van der Waals surface area contributed by atoms with Gasteiger partial charge in [0, 0.05) is 26.7 Å². The molecular formula is C14H30N4. The summed E-state index contributed by atoms with van der Waals surface area (Å²) in [4.78, 5) is 6.81. The number of nitrogens with zero attached hydrogens (tertiary/aromatic N) is 2. The zero-order valence-corrected chi connectivity index (χ0v) is 12.3. The van der Waals surface area contributed by atoms with Crippen LogP contribution < -0.4 is 10.6 Å². The molecule has 0 spiro atoms. The summed E-state index contributed by atoms with van der Waals surface area (Å²) in [6.07, 6.45) is 5.17. The predicted octanol–water partition coefficient (Wildman–Crippen LogP) is 1.68. The number of aliphatic imine (C=N–C) groups is 1. The molecule has 0 aromatic rings. The molecule has 1 fully saturated rings. The van der Waals surface area contributed by atoms with E-state index in [1.165, 1.54) is 45.3 Å². The van der Waals surface area contributed by atoms with Crippen molar-refractivity contribution < 1.29 is 0 Å². The van der Waals surface area contributed by atoms with Gasteiger partial charge in [-0.3, -0.25) is 4.99 Å². The van der Waals surface area contributed by atoms with Gasteiger partial charge in [0.05, 0.1) is 0 Å². The Labute approximate surface area is 112 Å². The number of hydrogen-bond acceptors (Lipinski definition) is 2. The smallest absolute Gasteiger partial charge is 0.190 e. The summed E-state index contributed by atoms with van der Waals surface area (Å²) in [5, 5.41) is 6.76. The number of guanidine groups is 1. The molecule has 1 rings (SSSR count). The maximum Gasteiger partial charge on any atom is 0.190 e. The molecule has 0 amide bonds. The van der Waals surface area contributed by atoms with E-state index in [2.05, 4.69) is 34.4 Å². The first kappa shape index (κ1) is 15.3. The monoisotopic (exact) mass is 254 g/mol. The zero-order valence-electron chi connectivity index (χ0n) is 12.3. The second kappa shape index (κ2) is 9.20. The first-order valence-corrected chi connectivity index (χ1v) is 7.43. The molecule has 18 heavy (non-hydrogen) atoms. The van der Waals surface area contributed by atoms with E-state index >= 15 is 0 Å². The van der Waals surface area contributed by atoms with Crippen molar-refractivity contribution in [3.63, 3.8) is 0 Å². The Morgan fingerprint density at radius 2 is 2.00 bits per heavy atom. The quantitative estimate of drug-likeness (QED) is 0.412. The van der Waals surface area contributed by atoms with Crippen LogP contribution in [-0.2, 0) is 0 Å². The number of nitrogens with one attached hydrogen (secondary N) is 2. The van der Waals surface area contributed by atoms with E-state index < -0.39 is 0 Å². The topological polar surface area (TPSA) is 39.7 Å².